The van der Waals surface area contributed by atoms with E-state index < -0.39 is 0 Å². The van der Waals surface area contributed by atoms with E-state index in [-0.39, 0.29) is 0 Å². The van der Waals surface area contributed by atoms with Gasteiger partial charge < -0.3 is 9.88 Å². The van der Waals surface area contributed by atoms with Gasteiger partial charge in [-0.2, -0.15) is 0 Å². The van der Waals surface area contributed by atoms with Crippen molar-refractivity contribution >= 4 is 11.0 Å². The lowest BCUT2D eigenvalue weighted by Crippen LogP contribution is -2.50. The zero-order valence-electron chi connectivity index (χ0n) is 11.9. The molecule has 1 aliphatic heterocycles. The molecule has 3 rings (SSSR count). The van der Waals surface area contributed by atoms with Gasteiger partial charge in [0.25, 0.3) is 0 Å². The molecule has 2 aromatic rings. The lowest BCUT2D eigenvalue weighted by atomic mass is 10.1. The number of aryl methyl sites for hydroxylation is 1. The van der Waals surface area contributed by atoms with Crippen LogP contribution in [0, 0.1) is 0 Å². The van der Waals surface area contributed by atoms with Gasteiger partial charge in [-0.15, -0.1) is 0 Å². The molecule has 4 nitrogen and oxygen atoms in total. The molecule has 2 atom stereocenters. The fourth-order valence-corrected chi connectivity index (χ4v) is 3.02. The highest BCUT2D eigenvalue weighted by Gasteiger charge is 2.24. The van der Waals surface area contributed by atoms with Gasteiger partial charge in [0, 0.05) is 32.7 Å². The number of para-hydroxylation sites is 2. The summed E-state index contributed by atoms with van der Waals surface area (Å²) in [5.41, 5.74) is 2.31. The van der Waals surface area contributed by atoms with Crippen molar-refractivity contribution in [2.45, 2.75) is 25.9 Å². The molecule has 0 radical (unpaired) electrons. The van der Waals surface area contributed by atoms with Crippen LogP contribution in [0.1, 0.15) is 25.7 Å². The Kier molecular flexibility index (Phi) is 3.29. The van der Waals surface area contributed by atoms with Gasteiger partial charge in [0.15, 0.2) is 0 Å². The monoisotopic (exact) mass is 258 g/mol. The summed E-state index contributed by atoms with van der Waals surface area (Å²) in [4.78, 5) is 7.33. The highest BCUT2D eigenvalue weighted by atomic mass is 15.2. The molecule has 0 bridgehead atoms. The Hall–Kier alpha value is -1.39. The number of imidazole rings is 1. The number of nitrogens with one attached hydrogen (secondary N) is 1. The lowest BCUT2D eigenvalue weighted by molar-refractivity contribution is 0.152. The van der Waals surface area contributed by atoms with E-state index in [2.05, 4.69) is 59.9 Å². The Morgan fingerprint density at radius 3 is 2.89 bits per heavy atom. The number of nitrogens with zero attached hydrogens (tertiary/aromatic N) is 3. The molecule has 0 amide bonds. The molecule has 0 aliphatic carbocycles. The van der Waals surface area contributed by atoms with Crippen LogP contribution in [-0.2, 0) is 7.05 Å². The number of rotatable bonds is 2. The van der Waals surface area contributed by atoms with Crippen LogP contribution in [-0.4, -0.2) is 40.1 Å². The minimum atomic E-state index is 0.363. The molecule has 19 heavy (non-hydrogen) atoms. The molecule has 0 spiro atoms. The Labute approximate surface area is 114 Å². The van der Waals surface area contributed by atoms with E-state index in [1.165, 1.54) is 5.52 Å². The van der Waals surface area contributed by atoms with Gasteiger partial charge in [0.2, 0.25) is 0 Å². The molecule has 1 N–H and O–H groups in total. The molecule has 102 valence electrons. The Bertz CT molecular complexity index is 575. The van der Waals surface area contributed by atoms with Crippen molar-refractivity contribution in [3.8, 4) is 0 Å². The molecule has 0 saturated carbocycles. The van der Waals surface area contributed by atoms with Crippen molar-refractivity contribution in [1.82, 2.24) is 19.8 Å². The number of hydrogen-bond acceptors (Lipinski definition) is 3. The average molecular weight is 258 g/mol. The van der Waals surface area contributed by atoms with Gasteiger partial charge in [-0.25, -0.2) is 4.98 Å². The highest BCUT2D eigenvalue weighted by molar-refractivity contribution is 5.75. The molecular weight excluding hydrogens is 236 g/mol. The van der Waals surface area contributed by atoms with Crippen LogP contribution in [0.5, 0.6) is 0 Å². The fourth-order valence-electron chi connectivity index (χ4n) is 3.02. The highest BCUT2D eigenvalue weighted by Crippen LogP contribution is 2.24. The van der Waals surface area contributed by atoms with Crippen molar-refractivity contribution in [2.24, 2.45) is 7.05 Å². The van der Waals surface area contributed by atoms with Crippen molar-refractivity contribution < 1.29 is 0 Å². The second-order valence-corrected chi connectivity index (χ2v) is 5.54. The maximum absolute atomic E-state index is 4.81. The largest absolute Gasteiger partial charge is 0.330 e. The van der Waals surface area contributed by atoms with Crippen LogP contribution in [0.3, 0.4) is 0 Å². The van der Waals surface area contributed by atoms with Gasteiger partial charge in [0.1, 0.15) is 5.82 Å². The summed E-state index contributed by atoms with van der Waals surface area (Å²) in [5, 5.41) is 3.49. The first-order valence-electron chi connectivity index (χ1n) is 7.05. The maximum Gasteiger partial charge on any atom is 0.126 e. The van der Waals surface area contributed by atoms with Gasteiger partial charge in [-0.05, 0) is 26.0 Å². The zero-order chi connectivity index (χ0) is 13.4. The van der Waals surface area contributed by atoms with Crippen molar-refractivity contribution in [2.75, 3.05) is 19.6 Å². The number of hydrogen-bond donors (Lipinski definition) is 1. The molecule has 2 heterocycles. The van der Waals surface area contributed by atoms with Crippen molar-refractivity contribution in [3.63, 3.8) is 0 Å². The molecule has 2 unspecified atom stereocenters. The van der Waals surface area contributed by atoms with Crippen LogP contribution in [0.25, 0.3) is 11.0 Å². The first-order chi connectivity index (χ1) is 9.16. The second-order valence-electron chi connectivity index (χ2n) is 5.54. The summed E-state index contributed by atoms with van der Waals surface area (Å²) in [7, 11) is 2.12. The van der Waals surface area contributed by atoms with Crippen LogP contribution in [0.2, 0.25) is 0 Å². The Balaban J connectivity index is 1.92. The van der Waals surface area contributed by atoms with E-state index in [9.17, 15) is 0 Å². The smallest absolute Gasteiger partial charge is 0.126 e. The third-order valence-electron chi connectivity index (χ3n) is 4.14. The first kappa shape index (κ1) is 12.6. The van der Waals surface area contributed by atoms with Crippen LogP contribution in [0.4, 0.5) is 0 Å². The Morgan fingerprint density at radius 1 is 1.37 bits per heavy atom. The second kappa shape index (κ2) is 4.94. The molecule has 4 heteroatoms. The summed E-state index contributed by atoms with van der Waals surface area (Å²) in [6.45, 7) is 7.75. The first-order valence-corrected chi connectivity index (χ1v) is 7.05. The van der Waals surface area contributed by atoms with E-state index in [0.717, 1.165) is 31.0 Å². The summed E-state index contributed by atoms with van der Waals surface area (Å²) in [5.74, 6) is 1.16. The predicted molar refractivity (Wildman–Crippen MR) is 78.2 cm³/mol. The van der Waals surface area contributed by atoms with E-state index in [0.29, 0.717) is 12.1 Å². The zero-order valence-corrected chi connectivity index (χ0v) is 11.9. The van der Waals surface area contributed by atoms with E-state index in [1.807, 2.05) is 0 Å². The van der Waals surface area contributed by atoms with E-state index >= 15 is 0 Å². The summed E-state index contributed by atoms with van der Waals surface area (Å²) >= 11 is 0. The summed E-state index contributed by atoms with van der Waals surface area (Å²) < 4.78 is 2.23. The van der Waals surface area contributed by atoms with E-state index in [4.69, 9.17) is 4.98 Å². The van der Waals surface area contributed by atoms with Crippen LogP contribution in [0.15, 0.2) is 24.3 Å². The summed E-state index contributed by atoms with van der Waals surface area (Å²) in [6.07, 6.45) is 0. The minimum absolute atomic E-state index is 0.363. The summed E-state index contributed by atoms with van der Waals surface area (Å²) in [6, 6.07) is 9.28. The van der Waals surface area contributed by atoms with Gasteiger partial charge >= 0.3 is 0 Å². The normalized spacial score (nSPS) is 22.8. The quantitative estimate of drug-likeness (QED) is 0.893. The number of benzene rings is 1. The molecular formula is C15H22N4. The standard InChI is InChI=1S/C15H22N4/c1-11-10-19(9-8-16-11)12(2)15-17-13-6-4-5-7-14(13)18(15)3/h4-7,11-12,16H,8-10H2,1-3H3. The molecule has 1 fully saturated rings. The Morgan fingerprint density at radius 2 is 2.16 bits per heavy atom. The third kappa shape index (κ3) is 2.26. The maximum atomic E-state index is 4.81. The van der Waals surface area contributed by atoms with Gasteiger partial charge in [-0.1, -0.05) is 12.1 Å². The minimum Gasteiger partial charge on any atom is -0.330 e. The van der Waals surface area contributed by atoms with E-state index in [1.54, 1.807) is 0 Å². The number of piperazine rings is 1. The number of fused-ring (bicyclic) bond motifs is 1. The molecule has 1 aliphatic rings. The van der Waals surface area contributed by atoms with Gasteiger partial charge in [-0.3, -0.25) is 4.90 Å². The molecule has 1 aromatic heterocycles. The lowest BCUT2D eigenvalue weighted by Gasteiger charge is -2.35. The van der Waals surface area contributed by atoms with Crippen molar-refractivity contribution in [3.05, 3.63) is 30.1 Å². The number of aromatic nitrogens is 2. The fraction of sp³-hybridized carbons (Fsp3) is 0.533. The van der Waals surface area contributed by atoms with Crippen LogP contribution >= 0.6 is 0 Å². The predicted octanol–water partition coefficient (Wildman–Crippen LogP) is 1.93. The third-order valence-corrected chi connectivity index (χ3v) is 4.14. The SMILES string of the molecule is CC1CN(C(C)c2nc3ccccc3n2C)CCN1. The molecule has 1 saturated heterocycles. The average Bonchev–Trinajstić information content (AvgIpc) is 2.76. The van der Waals surface area contributed by atoms with Crippen LogP contribution < -0.4 is 5.32 Å². The molecule has 1 aromatic carbocycles. The van der Waals surface area contributed by atoms with Crippen molar-refractivity contribution in [1.29, 1.82) is 0 Å². The van der Waals surface area contributed by atoms with Gasteiger partial charge in [0.05, 0.1) is 17.1 Å². The topological polar surface area (TPSA) is 33.1 Å².